The SMILES string of the molecule is CC(C)OCCCNCc1nn(C(C)C)nc1-c1ccccc1. The van der Waals surface area contributed by atoms with Crippen LogP contribution < -0.4 is 5.32 Å². The first-order valence-corrected chi connectivity index (χ1v) is 8.41. The molecule has 0 saturated carbocycles. The van der Waals surface area contributed by atoms with E-state index >= 15 is 0 Å². The molecule has 0 aliphatic rings. The number of ether oxygens (including phenoxy) is 1. The molecule has 0 radical (unpaired) electrons. The summed E-state index contributed by atoms with van der Waals surface area (Å²) in [6, 6.07) is 10.5. The van der Waals surface area contributed by atoms with Gasteiger partial charge in [-0.1, -0.05) is 30.3 Å². The van der Waals surface area contributed by atoms with Crippen LogP contribution in [0.4, 0.5) is 0 Å². The van der Waals surface area contributed by atoms with E-state index in [1.807, 2.05) is 18.2 Å². The maximum absolute atomic E-state index is 5.55. The normalized spacial score (nSPS) is 11.6. The van der Waals surface area contributed by atoms with Gasteiger partial charge in [0.25, 0.3) is 0 Å². The summed E-state index contributed by atoms with van der Waals surface area (Å²) in [4.78, 5) is 1.79. The first kappa shape index (κ1) is 17.6. The summed E-state index contributed by atoms with van der Waals surface area (Å²) in [5, 5.41) is 12.7. The molecular formula is C18H28N4O. The van der Waals surface area contributed by atoms with Crippen LogP contribution in [0.15, 0.2) is 30.3 Å². The second-order valence-corrected chi connectivity index (χ2v) is 6.23. The molecule has 0 bridgehead atoms. The topological polar surface area (TPSA) is 52.0 Å². The molecule has 0 fully saturated rings. The van der Waals surface area contributed by atoms with Crippen LogP contribution >= 0.6 is 0 Å². The highest BCUT2D eigenvalue weighted by Crippen LogP contribution is 2.21. The molecule has 23 heavy (non-hydrogen) atoms. The zero-order valence-corrected chi connectivity index (χ0v) is 14.6. The molecule has 5 nitrogen and oxygen atoms in total. The van der Waals surface area contributed by atoms with Gasteiger partial charge in [-0.2, -0.15) is 15.0 Å². The zero-order valence-electron chi connectivity index (χ0n) is 14.6. The van der Waals surface area contributed by atoms with E-state index in [2.05, 4.69) is 55.3 Å². The lowest BCUT2D eigenvalue weighted by atomic mass is 10.1. The molecule has 0 saturated heterocycles. The Morgan fingerprint density at radius 2 is 1.83 bits per heavy atom. The van der Waals surface area contributed by atoms with Gasteiger partial charge in [-0.25, -0.2) is 0 Å². The van der Waals surface area contributed by atoms with Crippen molar-refractivity contribution in [2.24, 2.45) is 0 Å². The Bertz CT molecular complexity index is 578. The second kappa shape index (κ2) is 8.79. The Kier molecular flexibility index (Phi) is 6.74. The van der Waals surface area contributed by atoms with E-state index in [-0.39, 0.29) is 6.04 Å². The van der Waals surface area contributed by atoms with Crippen LogP contribution in [0, 0.1) is 0 Å². The average molecular weight is 316 g/mol. The van der Waals surface area contributed by atoms with Crippen molar-refractivity contribution in [3.05, 3.63) is 36.0 Å². The smallest absolute Gasteiger partial charge is 0.117 e. The van der Waals surface area contributed by atoms with Crippen LogP contribution in [-0.2, 0) is 11.3 Å². The minimum absolute atomic E-state index is 0.255. The van der Waals surface area contributed by atoms with Gasteiger partial charge in [-0.05, 0) is 40.7 Å². The Morgan fingerprint density at radius 3 is 2.48 bits per heavy atom. The molecule has 1 heterocycles. The number of aromatic nitrogens is 3. The highest BCUT2D eigenvalue weighted by atomic mass is 16.5. The molecule has 0 aliphatic heterocycles. The number of rotatable bonds is 9. The Hall–Kier alpha value is -1.72. The molecule has 1 aromatic heterocycles. The van der Waals surface area contributed by atoms with Crippen LogP contribution in [0.25, 0.3) is 11.3 Å². The van der Waals surface area contributed by atoms with Gasteiger partial charge < -0.3 is 10.1 Å². The van der Waals surface area contributed by atoms with E-state index in [0.29, 0.717) is 6.10 Å². The van der Waals surface area contributed by atoms with E-state index in [4.69, 9.17) is 4.74 Å². The average Bonchev–Trinajstić information content (AvgIpc) is 2.96. The molecule has 2 aromatic rings. The molecule has 2 rings (SSSR count). The van der Waals surface area contributed by atoms with Gasteiger partial charge in [0.05, 0.1) is 12.1 Å². The van der Waals surface area contributed by atoms with Crippen molar-refractivity contribution in [2.75, 3.05) is 13.2 Å². The minimum Gasteiger partial charge on any atom is -0.379 e. The number of hydrogen-bond acceptors (Lipinski definition) is 4. The van der Waals surface area contributed by atoms with Gasteiger partial charge in [0.15, 0.2) is 0 Å². The molecule has 1 aromatic carbocycles. The summed E-state index contributed by atoms with van der Waals surface area (Å²) < 4.78 is 5.55. The summed E-state index contributed by atoms with van der Waals surface area (Å²) in [6.45, 7) is 10.7. The van der Waals surface area contributed by atoms with Crippen LogP contribution in [0.3, 0.4) is 0 Å². The van der Waals surface area contributed by atoms with Crippen LogP contribution in [0.2, 0.25) is 0 Å². The second-order valence-electron chi connectivity index (χ2n) is 6.23. The lowest BCUT2D eigenvalue weighted by Gasteiger charge is -2.07. The quantitative estimate of drug-likeness (QED) is 0.720. The third kappa shape index (κ3) is 5.44. The first-order valence-electron chi connectivity index (χ1n) is 8.41. The Labute approximate surface area is 139 Å². The van der Waals surface area contributed by atoms with E-state index in [0.717, 1.165) is 43.1 Å². The van der Waals surface area contributed by atoms with Gasteiger partial charge in [-0.15, -0.1) is 0 Å². The van der Waals surface area contributed by atoms with Crippen molar-refractivity contribution in [1.82, 2.24) is 20.3 Å². The van der Waals surface area contributed by atoms with Gasteiger partial charge in [0.2, 0.25) is 0 Å². The van der Waals surface area contributed by atoms with E-state index in [1.54, 1.807) is 4.80 Å². The number of nitrogens with zero attached hydrogens (tertiary/aromatic N) is 3. The van der Waals surface area contributed by atoms with Crippen LogP contribution in [0.1, 0.15) is 45.9 Å². The predicted molar refractivity (Wildman–Crippen MR) is 93.3 cm³/mol. The fourth-order valence-corrected chi connectivity index (χ4v) is 2.25. The zero-order chi connectivity index (χ0) is 16.7. The highest BCUT2D eigenvalue weighted by molar-refractivity contribution is 5.60. The van der Waals surface area contributed by atoms with Crippen LogP contribution in [-0.4, -0.2) is 34.2 Å². The maximum atomic E-state index is 5.55. The minimum atomic E-state index is 0.255. The Morgan fingerprint density at radius 1 is 1.09 bits per heavy atom. The lowest BCUT2D eigenvalue weighted by Crippen LogP contribution is -2.18. The monoisotopic (exact) mass is 316 g/mol. The van der Waals surface area contributed by atoms with Gasteiger partial charge in [0, 0.05) is 18.7 Å². The molecule has 0 spiro atoms. The van der Waals surface area contributed by atoms with Gasteiger partial charge in [-0.3, -0.25) is 0 Å². The summed E-state index contributed by atoms with van der Waals surface area (Å²) in [5.74, 6) is 0. The summed E-state index contributed by atoms with van der Waals surface area (Å²) in [6.07, 6.45) is 1.29. The molecule has 0 unspecified atom stereocenters. The van der Waals surface area contributed by atoms with E-state index in [9.17, 15) is 0 Å². The van der Waals surface area contributed by atoms with Crippen molar-refractivity contribution >= 4 is 0 Å². The van der Waals surface area contributed by atoms with Crippen LogP contribution in [0.5, 0.6) is 0 Å². The third-order valence-electron chi connectivity index (χ3n) is 3.45. The molecule has 5 heteroatoms. The Balaban J connectivity index is 1.97. The molecule has 126 valence electrons. The maximum Gasteiger partial charge on any atom is 0.117 e. The highest BCUT2D eigenvalue weighted by Gasteiger charge is 2.14. The van der Waals surface area contributed by atoms with E-state index < -0.39 is 0 Å². The summed E-state index contributed by atoms with van der Waals surface area (Å²) in [5.41, 5.74) is 3.07. The summed E-state index contributed by atoms with van der Waals surface area (Å²) >= 11 is 0. The van der Waals surface area contributed by atoms with Crippen molar-refractivity contribution in [3.63, 3.8) is 0 Å². The largest absolute Gasteiger partial charge is 0.379 e. The lowest BCUT2D eigenvalue weighted by molar-refractivity contribution is 0.0770. The third-order valence-corrected chi connectivity index (χ3v) is 3.45. The fourth-order valence-electron chi connectivity index (χ4n) is 2.25. The van der Waals surface area contributed by atoms with Gasteiger partial charge in [0.1, 0.15) is 11.4 Å². The molecule has 0 atom stereocenters. The molecule has 0 aliphatic carbocycles. The van der Waals surface area contributed by atoms with Crippen molar-refractivity contribution in [3.8, 4) is 11.3 Å². The van der Waals surface area contributed by atoms with Crippen molar-refractivity contribution in [1.29, 1.82) is 0 Å². The first-order chi connectivity index (χ1) is 11.1. The molecule has 0 amide bonds. The standard InChI is InChI=1S/C18H28N4O/c1-14(2)22-20-17(13-19-11-8-12-23-15(3)4)18(21-22)16-9-6-5-7-10-16/h5-7,9-10,14-15,19H,8,11-13H2,1-4H3. The number of benzene rings is 1. The van der Waals surface area contributed by atoms with Crippen molar-refractivity contribution in [2.45, 2.75) is 52.8 Å². The number of nitrogens with one attached hydrogen (secondary N) is 1. The molecular weight excluding hydrogens is 288 g/mol. The molecule has 1 N–H and O–H groups in total. The van der Waals surface area contributed by atoms with E-state index in [1.165, 1.54) is 0 Å². The summed E-state index contributed by atoms with van der Waals surface area (Å²) in [7, 11) is 0. The fraction of sp³-hybridized carbons (Fsp3) is 0.556. The van der Waals surface area contributed by atoms with Gasteiger partial charge >= 0.3 is 0 Å². The predicted octanol–water partition coefficient (Wildman–Crippen LogP) is 3.43. The number of hydrogen-bond donors (Lipinski definition) is 1. The van der Waals surface area contributed by atoms with Crippen molar-refractivity contribution < 1.29 is 4.74 Å².